The fourth-order valence-electron chi connectivity index (χ4n) is 1.44. The minimum atomic E-state index is -0.584. The van der Waals surface area contributed by atoms with Gasteiger partial charge in [0.05, 0.1) is 17.6 Å². The van der Waals surface area contributed by atoms with Crippen LogP contribution in [0, 0.1) is 10.1 Å². The number of rotatable bonds is 6. The molecular formula is C12H14N2O4. The second-order valence-corrected chi connectivity index (χ2v) is 3.45. The summed E-state index contributed by atoms with van der Waals surface area (Å²) in [6.45, 7) is 3.96. The molecule has 1 amide bonds. The van der Waals surface area contributed by atoms with Crippen LogP contribution in [0.3, 0.4) is 0 Å². The number of ether oxygens (including phenoxy) is 1. The minimum absolute atomic E-state index is 0.0291. The molecule has 0 radical (unpaired) electrons. The van der Waals surface area contributed by atoms with Crippen molar-refractivity contribution >= 4 is 11.6 Å². The zero-order chi connectivity index (χ0) is 13.5. The van der Waals surface area contributed by atoms with E-state index in [0.29, 0.717) is 13.0 Å². The zero-order valence-corrected chi connectivity index (χ0v) is 10.0. The molecule has 1 rings (SSSR count). The standard InChI is InChI=1S/C12H14N2O4/c1-3-4-8-13-12(15)9-6-5-7-10(14(16)17)11(9)18-2/h3,5-7H,1,4,8H2,2H3,(H,13,15). The van der Waals surface area contributed by atoms with Crippen LogP contribution in [-0.4, -0.2) is 24.5 Å². The molecule has 0 bridgehead atoms. The van der Waals surface area contributed by atoms with Gasteiger partial charge in [-0.2, -0.15) is 0 Å². The summed E-state index contributed by atoms with van der Waals surface area (Å²) in [5, 5.41) is 13.4. The third-order valence-electron chi connectivity index (χ3n) is 2.27. The summed E-state index contributed by atoms with van der Waals surface area (Å²) < 4.78 is 4.94. The van der Waals surface area contributed by atoms with Gasteiger partial charge in [0.15, 0.2) is 0 Å². The molecule has 0 aromatic heterocycles. The highest BCUT2D eigenvalue weighted by atomic mass is 16.6. The van der Waals surface area contributed by atoms with E-state index >= 15 is 0 Å². The predicted octanol–water partition coefficient (Wildman–Crippen LogP) is 1.91. The Kier molecular flexibility index (Phi) is 4.86. The van der Waals surface area contributed by atoms with E-state index in [9.17, 15) is 14.9 Å². The number of methoxy groups -OCH3 is 1. The molecule has 96 valence electrons. The number of hydrogen-bond donors (Lipinski definition) is 1. The number of benzene rings is 1. The first-order chi connectivity index (χ1) is 8.61. The van der Waals surface area contributed by atoms with Gasteiger partial charge in [0.25, 0.3) is 5.91 Å². The number of carbonyl (C=O) groups is 1. The van der Waals surface area contributed by atoms with Crippen molar-refractivity contribution < 1.29 is 14.5 Å². The third-order valence-corrected chi connectivity index (χ3v) is 2.27. The maximum Gasteiger partial charge on any atom is 0.311 e. The largest absolute Gasteiger partial charge is 0.490 e. The van der Waals surface area contributed by atoms with Crippen LogP contribution in [0.4, 0.5) is 5.69 Å². The van der Waals surface area contributed by atoms with Crippen LogP contribution in [0.5, 0.6) is 5.75 Å². The second-order valence-electron chi connectivity index (χ2n) is 3.45. The van der Waals surface area contributed by atoms with Crippen LogP contribution in [0.25, 0.3) is 0 Å². The van der Waals surface area contributed by atoms with E-state index in [0.717, 1.165) is 0 Å². The Bertz CT molecular complexity index is 471. The Morgan fingerprint density at radius 3 is 2.89 bits per heavy atom. The molecule has 0 aliphatic heterocycles. The number of nitrogens with one attached hydrogen (secondary N) is 1. The van der Waals surface area contributed by atoms with Crippen molar-refractivity contribution in [1.29, 1.82) is 0 Å². The average molecular weight is 250 g/mol. The molecule has 18 heavy (non-hydrogen) atoms. The quantitative estimate of drug-likeness (QED) is 0.362. The van der Waals surface area contributed by atoms with Crippen molar-refractivity contribution in [3.05, 3.63) is 46.5 Å². The van der Waals surface area contributed by atoms with Crippen molar-refractivity contribution in [1.82, 2.24) is 5.32 Å². The van der Waals surface area contributed by atoms with E-state index < -0.39 is 10.8 Å². The van der Waals surface area contributed by atoms with Crippen LogP contribution in [0.1, 0.15) is 16.8 Å². The lowest BCUT2D eigenvalue weighted by Crippen LogP contribution is -2.24. The van der Waals surface area contributed by atoms with E-state index in [2.05, 4.69) is 11.9 Å². The molecule has 1 aromatic carbocycles. The maximum atomic E-state index is 11.8. The molecule has 0 heterocycles. The highest BCUT2D eigenvalue weighted by molar-refractivity contribution is 5.98. The summed E-state index contributed by atoms with van der Waals surface area (Å²) in [7, 11) is 1.29. The molecule has 0 saturated carbocycles. The Hall–Kier alpha value is -2.37. The van der Waals surface area contributed by atoms with Crippen LogP contribution in [0.2, 0.25) is 0 Å². The number of nitro benzene ring substituents is 1. The van der Waals surface area contributed by atoms with Crippen molar-refractivity contribution in [3.63, 3.8) is 0 Å². The van der Waals surface area contributed by atoms with Crippen LogP contribution >= 0.6 is 0 Å². The summed E-state index contributed by atoms with van der Waals surface area (Å²) >= 11 is 0. The van der Waals surface area contributed by atoms with E-state index in [1.54, 1.807) is 6.08 Å². The number of nitro groups is 1. The van der Waals surface area contributed by atoms with Gasteiger partial charge in [-0.25, -0.2) is 0 Å². The van der Waals surface area contributed by atoms with Crippen molar-refractivity contribution in [2.75, 3.05) is 13.7 Å². The lowest BCUT2D eigenvalue weighted by molar-refractivity contribution is -0.385. The van der Waals surface area contributed by atoms with Crippen LogP contribution in [0.15, 0.2) is 30.9 Å². The number of para-hydroxylation sites is 1. The summed E-state index contributed by atoms with van der Waals surface area (Å²) in [4.78, 5) is 22.0. The summed E-state index contributed by atoms with van der Waals surface area (Å²) in [6.07, 6.45) is 2.30. The molecule has 6 nitrogen and oxygen atoms in total. The summed E-state index contributed by atoms with van der Waals surface area (Å²) in [6, 6.07) is 4.22. The normalized spacial score (nSPS) is 9.61. The Balaban J connectivity index is 3.00. The second kappa shape index (κ2) is 6.39. The van der Waals surface area contributed by atoms with E-state index in [1.165, 1.54) is 25.3 Å². The predicted molar refractivity (Wildman–Crippen MR) is 66.8 cm³/mol. The molecule has 0 aliphatic carbocycles. The molecule has 6 heteroatoms. The molecule has 1 N–H and O–H groups in total. The van der Waals surface area contributed by atoms with Gasteiger partial charge >= 0.3 is 5.69 Å². The van der Waals surface area contributed by atoms with Crippen molar-refractivity contribution in [2.45, 2.75) is 6.42 Å². The third kappa shape index (κ3) is 3.07. The first kappa shape index (κ1) is 13.7. The van der Waals surface area contributed by atoms with Gasteiger partial charge in [0, 0.05) is 12.6 Å². The topological polar surface area (TPSA) is 81.5 Å². The van der Waals surface area contributed by atoms with Gasteiger partial charge in [0.2, 0.25) is 5.75 Å². The summed E-state index contributed by atoms with van der Waals surface area (Å²) in [5.41, 5.74) is -0.0790. The summed E-state index contributed by atoms with van der Waals surface area (Å²) in [5.74, 6) is -0.434. The number of nitrogens with zero attached hydrogens (tertiary/aromatic N) is 1. The van der Waals surface area contributed by atoms with E-state index in [1.807, 2.05) is 0 Å². The lowest BCUT2D eigenvalue weighted by Gasteiger charge is -2.08. The van der Waals surface area contributed by atoms with Gasteiger partial charge in [-0.3, -0.25) is 14.9 Å². The highest BCUT2D eigenvalue weighted by Gasteiger charge is 2.21. The Morgan fingerprint density at radius 2 is 2.33 bits per heavy atom. The molecule has 0 unspecified atom stereocenters. The SMILES string of the molecule is C=CCCNC(=O)c1cccc([N+](=O)[O-])c1OC. The van der Waals surface area contributed by atoms with Crippen molar-refractivity contribution in [2.24, 2.45) is 0 Å². The Morgan fingerprint density at radius 1 is 1.61 bits per heavy atom. The van der Waals surface area contributed by atoms with Crippen LogP contribution < -0.4 is 10.1 Å². The molecule has 0 saturated heterocycles. The van der Waals surface area contributed by atoms with Gasteiger partial charge in [-0.1, -0.05) is 12.1 Å². The van der Waals surface area contributed by atoms with Crippen molar-refractivity contribution in [3.8, 4) is 5.75 Å². The average Bonchev–Trinajstić information content (AvgIpc) is 2.37. The number of hydrogen-bond acceptors (Lipinski definition) is 4. The Labute approximate surface area is 104 Å². The van der Waals surface area contributed by atoms with Gasteiger partial charge < -0.3 is 10.1 Å². The number of amides is 1. The first-order valence-electron chi connectivity index (χ1n) is 5.32. The lowest BCUT2D eigenvalue weighted by atomic mass is 10.1. The minimum Gasteiger partial charge on any atom is -0.490 e. The van der Waals surface area contributed by atoms with Gasteiger partial charge in [0.1, 0.15) is 0 Å². The molecular weight excluding hydrogens is 236 g/mol. The van der Waals surface area contributed by atoms with Gasteiger partial charge in [-0.05, 0) is 12.5 Å². The van der Waals surface area contributed by atoms with E-state index in [4.69, 9.17) is 4.74 Å². The maximum absolute atomic E-state index is 11.8. The molecule has 0 fully saturated rings. The van der Waals surface area contributed by atoms with E-state index in [-0.39, 0.29) is 17.0 Å². The molecule has 0 atom stereocenters. The highest BCUT2D eigenvalue weighted by Crippen LogP contribution is 2.30. The number of carbonyl (C=O) groups excluding carboxylic acids is 1. The molecule has 0 aliphatic rings. The molecule has 1 aromatic rings. The smallest absolute Gasteiger partial charge is 0.311 e. The fourth-order valence-corrected chi connectivity index (χ4v) is 1.44. The van der Waals surface area contributed by atoms with Crippen LogP contribution in [-0.2, 0) is 0 Å². The monoisotopic (exact) mass is 250 g/mol. The van der Waals surface area contributed by atoms with Gasteiger partial charge in [-0.15, -0.1) is 6.58 Å². The zero-order valence-electron chi connectivity index (χ0n) is 10.0. The first-order valence-corrected chi connectivity index (χ1v) is 5.32. The fraction of sp³-hybridized carbons (Fsp3) is 0.250. The molecule has 0 spiro atoms.